The van der Waals surface area contributed by atoms with Crippen molar-refractivity contribution in [2.45, 2.75) is 19.6 Å². The van der Waals surface area contributed by atoms with Gasteiger partial charge in [0.2, 0.25) is 11.7 Å². The van der Waals surface area contributed by atoms with Crippen LogP contribution in [-0.2, 0) is 6.54 Å². The van der Waals surface area contributed by atoms with Gasteiger partial charge in [-0.25, -0.2) is 0 Å². The van der Waals surface area contributed by atoms with Crippen LogP contribution in [0.5, 0.6) is 0 Å². The van der Waals surface area contributed by atoms with E-state index < -0.39 is 0 Å². The Kier molecular flexibility index (Phi) is 4.77. The zero-order valence-electron chi connectivity index (χ0n) is 12.7. The molecule has 0 unspecified atom stereocenters. The molecule has 3 heterocycles. The lowest BCUT2D eigenvalue weighted by molar-refractivity contribution is 0.0737. The first-order chi connectivity index (χ1) is 10.7. The Balaban J connectivity index is 1.54. The minimum Gasteiger partial charge on any atom is -0.392 e. The largest absolute Gasteiger partial charge is 0.392 e. The minimum absolute atomic E-state index is 0.274. The molecule has 1 fully saturated rings. The van der Waals surface area contributed by atoms with Gasteiger partial charge in [0.25, 0.3) is 0 Å². The van der Waals surface area contributed by atoms with Crippen molar-refractivity contribution < 1.29 is 9.63 Å². The van der Waals surface area contributed by atoms with Crippen molar-refractivity contribution in [3.63, 3.8) is 0 Å². The summed E-state index contributed by atoms with van der Waals surface area (Å²) < 4.78 is 5.33. The van der Waals surface area contributed by atoms with E-state index in [0.29, 0.717) is 18.3 Å². The van der Waals surface area contributed by atoms with Crippen LogP contribution in [0.25, 0.3) is 11.4 Å². The van der Waals surface area contributed by atoms with E-state index in [1.54, 1.807) is 12.4 Å². The lowest BCUT2D eigenvalue weighted by Crippen LogP contribution is -2.47. The topological polar surface area (TPSA) is 78.5 Å². The molecular weight excluding hydrogens is 282 g/mol. The maximum Gasteiger partial charge on any atom is 0.241 e. The molecule has 0 amide bonds. The summed E-state index contributed by atoms with van der Waals surface area (Å²) in [5.41, 5.74) is 0.860. The van der Waals surface area contributed by atoms with Crippen molar-refractivity contribution in [2.75, 3.05) is 32.7 Å². The van der Waals surface area contributed by atoms with Crippen molar-refractivity contribution in [1.29, 1.82) is 0 Å². The highest BCUT2D eigenvalue weighted by atomic mass is 16.5. The molecule has 22 heavy (non-hydrogen) atoms. The summed E-state index contributed by atoms with van der Waals surface area (Å²) in [5.74, 6) is 1.21. The molecule has 2 aromatic heterocycles. The summed E-state index contributed by atoms with van der Waals surface area (Å²) in [6, 6.07) is 3.77. The van der Waals surface area contributed by atoms with Gasteiger partial charge < -0.3 is 9.63 Å². The quantitative estimate of drug-likeness (QED) is 0.868. The number of aliphatic hydroxyl groups is 1. The Labute approximate surface area is 129 Å². The average Bonchev–Trinajstić information content (AvgIpc) is 2.98. The standard InChI is InChI=1S/C15H21N5O2/c1-12(21)10-19-5-7-20(8-6-19)11-14-17-15(18-22-14)13-3-2-4-16-9-13/h2-4,9,12,21H,5-8,10-11H2,1H3/t12-/m0/s1. The van der Waals surface area contributed by atoms with E-state index in [1.807, 2.05) is 19.1 Å². The second kappa shape index (κ2) is 6.95. The van der Waals surface area contributed by atoms with Gasteiger partial charge in [-0.2, -0.15) is 4.98 Å². The summed E-state index contributed by atoms with van der Waals surface area (Å²) in [5, 5.41) is 13.4. The monoisotopic (exact) mass is 303 g/mol. The van der Waals surface area contributed by atoms with Gasteiger partial charge in [-0.05, 0) is 19.1 Å². The molecule has 1 aliphatic heterocycles. The minimum atomic E-state index is -0.274. The number of piperazine rings is 1. The van der Waals surface area contributed by atoms with Crippen LogP contribution in [0, 0.1) is 0 Å². The molecule has 0 bridgehead atoms. The second-order valence-electron chi connectivity index (χ2n) is 5.68. The van der Waals surface area contributed by atoms with E-state index in [4.69, 9.17) is 4.52 Å². The molecule has 1 aliphatic rings. The average molecular weight is 303 g/mol. The summed E-state index contributed by atoms with van der Waals surface area (Å²) >= 11 is 0. The Morgan fingerprint density at radius 2 is 2.05 bits per heavy atom. The first-order valence-corrected chi connectivity index (χ1v) is 7.56. The van der Waals surface area contributed by atoms with Crippen molar-refractivity contribution >= 4 is 0 Å². The number of hydrogen-bond acceptors (Lipinski definition) is 7. The fraction of sp³-hybridized carbons (Fsp3) is 0.533. The Bertz CT molecular complexity index is 579. The number of rotatable bonds is 5. The molecule has 3 rings (SSSR count). The molecule has 118 valence electrons. The van der Waals surface area contributed by atoms with E-state index >= 15 is 0 Å². The normalized spacial score (nSPS) is 18.5. The molecule has 0 spiro atoms. The van der Waals surface area contributed by atoms with Crippen LogP contribution in [0.4, 0.5) is 0 Å². The van der Waals surface area contributed by atoms with Crippen LogP contribution in [0.1, 0.15) is 12.8 Å². The van der Waals surface area contributed by atoms with Gasteiger partial charge in [-0.1, -0.05) is 5.16 Å². The maximum atomic E-state index is 9.42. The van der Waals surface area contributed by atoms with Gasteiger partial charge in [0.1, 0.15) is 0 Å². The Morgan fingerprint density at radius 1 is 1.27 bits per heavy atom. The summed E-state index contributed by atoms with van der Waals surface area (Å²) in [7, 11) is 0. The van der Waals surface area contributed by atoms with E-state index in [2.05, 4.69) is 24.9 Å². The van der Waals surface area contributed by atoms with Gasteiger partial charge in [-0.3, -0.25) is 14.8 Å². The van der Waals surface area contributed by atoms with Crippen LogP contribution in [-0.4, -0.2) is 68.9 Å². The molecule has 7 heteroatoms. The molecule has 1 N–H and O–H groups in total. The summed E-state index contributed by atoms with van der Waals surface area (Å²) in [4.78, 5) is 13.1. The molecule has 0 saturated carbocycles. The first kappa shape index (κ1) is 15.1. The summed E-state index contributed by atoms with van der Waals surface area (Å²) in [6.45, 7) is 7.01. The van der Waals surface area contributed by atoms with E-state index in [-0.39, 0.29) is 6.10 Å². The van der Waals surface area contributed by atoms with Gasteiger partial charge in [-0.15, -0.1) is 0 Å². The number of pyridine rings is 1. The number of β-amino-alcohol motifs (C(OH)–C–C–N with tert-alkyl or cyclic N) is 1. The smallest absolute Gasteiger partial charge is 0.241 e. The fourth-order valence-corrected chi connectivity index (χ4v) is 2.63. The van der Waals surface area contributed by atoms with Crippen molar-refractivity contribution in [1.82, 2.24) is 24.9 Å². The molecule has 1 saturated heterocycles. The van der Waals surface area contributed by atoms with Gasteiger partial charge >= 0.3 is 0 Å². The second-order valence-corrected chi connectivity index (χ2v) is 5.68. The third kappa shape index (κ3) is 3.88. The van der Waals surface area contributed by atoms with E-state index in [0.717, 1.165) is 38.3 Å². The number of hydrogen-bond donors (Lipinski definition) is 1. The highest BCUT2D eigenvalue weighted by Crippen LogP contribution is 2.15. The van der Waals surface area contributed by atoms with E-state index in [9.17, 15) is 5.11 Å². The molecular formula is C15H21N5O2. The number of aliphatic hydroxyl groups excluding tert-OH is 1. The van der Waals surface area contributed by atoms with Crippen molar-refractivity contribution in [2.24, 2.45) is 0 Å². The van der Waals surface area contributed by atoms with E-state index in [1.165, 1.54) is 0 Å². The van der Waals surface area contributed by atoms with Crippen LogP contribution in [0.15, 0.2) is 29.0 Å². The number of nitrogens with zero attached hydrogens (tertiary/aromatic N) is 5. The lowest BCUT2D eigenvalue weighted by Gasteiger charge is -2.34. The Morgan fingerprint density at radius 3 is 2.73 bits per heavy atom. The SMILES string of the molecule is C[C@H](O)CN1CCN(Cc2nc(-c3cccnc3)no2)CC1. The molecule has 1 atom stereocenters. The van der Waals surface area contributed by atoms with Crippen LogP contribution >= 0.6 is 0 Å². The third-order valence-electron chi connectivity index (χ3n) is 3.73. The van der Waals surface area contributed by atoms with Crippen molar-refractivity contribution in [3.05, 3.63) is 30.4 Å². The van der Waals surface area contributed by atoms with Gasteiger partial charge in [0.15, 0.2) is 0 Å². The summed E-state index contributed by atoms with van der Waals surface area (Å²) in [6.07, 6.45) is 3.17. The maximum absolute atomic E-state index is 9.42. The van der Waals surface area contributed by atoms with Gasteiger partial charge in [0, 0.05) is 50.7 Å². The highest BCUT2D eigenvalue weighted by Gasteiger charge is 2.20. The predicted molar refractivity (Wildman–Crippen MR) is 80.9 cm³/mol. The Hall–Kier alpha value is -1.83. The molecule has 0 aromatic carbocycles. The molecule has 2 aromatic rings. The highest BCUT2D eigenvalue weighted by molar-refractivity contribution is 5.51. The van der Waals surface area contributed by atoms with Crippen LogP contribution in [0.3, 0.4) is 0 Å². The molecule has 0 aliphatic carbocycles. The molecule has 7 nitrogen and oxygen atoms in total. The fourth-order valence-electron chi connectivity index (χ4n) is 2.63. The zero-order chi connectivity index (χ0) is 15.4. The van der Waals surface area contributed by atoms with Crippen LogP contribution < -0.4 is 0 Å². The predicted octanol–water partition coefficient (Wildman–Crippen LogP) is 0.630. The third-order valence-corrected chi connectivity index (χ3v) is 3.73. The zero-order valence-corrected chi connectivity index (χ0v) is 12.7. The number of aromatic nitrogens is 3. The molecule has 0 radical (unpaired) electrons. The first-order valence-electron chi connectivity index (χ1n) is 7.56. The van der Waals surface area contributed by atoms with Gasteiger partial charge in [0.05, 0.1) is 12.6 Å². The van der Waals surface area contributed by atoms with Crippen molar-refractivity contribution in [3.8, 4) is 11.4 Å². The lowest BCUT2D eigenvalue weighted by atomic mass is 10.2. The van der Waals surface area contributed by atoms with Crippen LogP contribution in [0.2, 0.25) is 0 Å².